The molecule has 13 heteroatoms. The van der Waals surface area contributed by atoms with Crippen LogP contribution in [0.25, 0.3) is 0 Å². The molecule has 0 spiro atoms. The summed E-state index contributed by atoms with van der Waals surface area (Å²) in [4.78, 5) is 31.1. The van der Waals surface area contributed by atoms with Crippen LogP contribution in [0.15, 0.2) is 29.4 Å². The normalized spacial score (nSPS) is 22.5. The lowest BCUT2D eigenvalue weighted by atomic mass is 9.95. The number of carboxylic acid groups (broad SMARTS) is 1. The van der Waals surface area contributed by atoms with E-state index in [2.05, 4.69) is 4.99 Å². The standard InChI is InChI=1S/C26H31F4N3O5S/c1-25(2,3)21-13-32(12-18-5-4-8-37-18)23(39-21)31-22(34)19-9-15(26(28,29)30)6-7-20(19)38-14-17-10-16(27)11-33(17)24(35)36/h6-7,9,13,16-18H,4-5,8,10-12,14H2,1-3H3,(H,35,36)/b31-23-/t16-,17-,18+/m0/s1. The lowest BCUT2D eigenvalue weighted by Crippen LogP contribution is -2.38. The van der Waals surface area contributed by atoms with E-state index in [1.165, 1.54) is 11.3 Å². The lowest BCUT2D eigenvalue weighted by Gasteiger charge is -2.22. The number of aromatic nitrogens is 1. The molecule has 0 radical (unpaired) electrons. The second-order valence-corrected chi connectivity index (χ2v) is 11.8. The monoisotopic (exact) mass is 573 g/mol. The van der Waals surface area contributed by atoms with Crippen molar-refractivity contribution in [3.8, 4) is 5.75 Å². The molecule has 2 aliphatic rings. The summed E-state index contributed by atoms with van der Waals surface area (Å²) in [6, 6.07) is 1.60. The molecule has 1 aromatic carbocycles. The first kappa shape index (κ1) is 29.1. The van der Waals surface area contributed by atoms with Crippen LogP contribution in [0, 0.1) is 0 Å². The zero-order valence-electron chi connectivity index (χ0n) is 21.8. The van der Waals surface area contributed by atoms with Crippen molar-refractivity contribution in [2.24, 2.45) is 4.99 Å². The van der Waals surface area contributed by atoms with Crippen LogP contribution >= 0.6 is 11.3 Å². The highest BCUT2D eigenvalue weighted by molar-refractivity contribution is 7.09. The molecule has 39 heavy (non-hydrogen) atoms. The highest BCUT2D eigenvalue weighted by atomic mass is 32.1. The molecule has 3 atom stereocenters. The van der Waals surface area contributed by atoms with Gasteiger partial charge in [-0.3, -0.25) is 9.69 Å². The van der Waals surface area contributed by atoms with Gasteiger partial charge in [0.15, 0.2) is 4.80 Å². The number of amides is 2. The van der Waals surface area contributed by atoms with Crippen LogP contribution in [0.1, 0.15) is 60.8 Å². The van der Waals surface area contributed by atoms with Crippen LogP contribution in [-0.2, 0) is 22.9 Å². The Morgan fingerprint density at radius 1 is 1.26 bits per heavy atom. The minimum absolute atomic E-state index is 0.0585. The van der Waals surface area contributed by atoms with Crippen molar-refractivity contribution in [1.82, 2.24) is 9.47 Å². The Kier molecular flexibility index (Phi) is 8.41. The summed E-state index contributed by atoms with van der Waals surface area (Å²) in [5, 5.41) is 9.32. The molecule has 0 bridgehead atoms. The van der Waals surface area contributed by atoms with Crippen molar-refractivity contribution in [2.45, 2.75) is 76.5 Å². The van der Waals surface area contributed by atoms with Gasteiger partial charge in [0.05, 0.1) is 36.4 Å². The van der Waals surface area contributed by atoms with Crippen molar-refractivity contribution < 1.29 is 41.7 Å². The summed E-state index contributed by atoms with van der Waals surface area (Å²) >= 11 is 1.27. The van der Waals surface area contributed by atoms with Crippen LogP contribution in [0.3, 0.4) is 0 Å². The fourth-order valence-electron chi connectivity index (χ4n) is 4.54. The molecule has 214 valence electrons. The maximum Gasteiger partial charge on any atom is 0.416 e. The third-order valence-electron chi connectivity index (χ3n) is 6.66. The smallest absolute Gasteiger partial charge is 0.416 e. The van der Waals surface area contributed by atoms with Gasteiger partial charge in [-0.1, -0.05) is 20.8 Å². The Bertz CT molecular complexity index is 1280. The minimum Gasteiger partial charge on any atom is -0.491 e. The van der Waals surface area contributed by atoms with Crippen LogP contribution in [0.2, 0.25) is 0 Å². The number of likely N-dealkylation sites (tertiary alicyclic amines) is 1. The number of halogens is 4. The molecule has 0 saturated carbocycles. The second kappa shape index (κ2) is 11.3. The maximum absolute atomic E-state index is 13.8. The van der Waals surface area contributed by atoms with E-state index in [0.717, 1.165) is 34.8 Å². The van der Waals surface area contributed by atoms with Crippen molar-refractivity contribution in [2.75, 3.05) is 19.8 Å². The van der Waals surface area contributed by atoms with Crippen molar-refractivity contribution in [3.05, 3.63) is 45.2 Å². The van der Waals surface area contributed by atoms with Crippen molar-refractivity contribution in [3.63, 3.8) is 0 Å². The number of alkyl halides is 4. The summed E-state index contributed by atoms with van der Waals surface area (Å²) in [6.07, 6.45) is -3.95. The first-order valence-electron chi connectivity index (χ1n) is 12.6. The molecule has 2 saturated heterocycles. The van der Waals surface area contributed by atoms with Crippen molar-refractivity contribution >= 4 is 23.3 Å². The highest BCUT2D eigenvalue weighted by Gasteiger charge is 2.37. The quantitative estimate of drug-likeness (QED) is 0.477. The maximum atomic E-state index is 13.8. The van der Waals surface area contributed by atoms with Gasteiger partial charge in [-0.2, -0.15) is 18.2 Å². The average Bonchev–Trinajstić information content (AvgIpc) is 3.58. The van der Waals surface area contributed by atoms with E-state index >= 15 is 0 Å². The molecule has 0 aliphatic carbocycles. The highest BCUT2D eigenvalue weighted by Crippen LogP contribution is 2.34. The Labute approximate surface area is 226 Å². The van der Waals surface area contributed by atoms with Crippen LogP contribution in [0.5, 0.6) is 5.75 Å². The number of rotatable bonds is 6. The number of hydrogen-bond acceptors (Lipinski definition) is 5. The second-order valence-electron chi connectivity index (χ2n) is 10.8. The molecule has 3 heterocycles. The van der Waals surface area contributed by atoms with E-state index in [4.69, 9.17) is 9.47 Å². The topological polar surface area (TPSA) is 93.4 Å². The third kappa shape index (κ3) is 6.99. The molecule has 0 unspecified atom stereocenters. The number of thiazole rings is 1. The summed E-state index contributed by atoms with van der Waals surface area (Å²) in [6.45, 7) is 6.45. The largest absolute Gasteiger partial charge is 0.491 e. The van der Waals surface area contributed by atoms with E-state index in [1.54, 1.807) is 4.57 Å². The molecule has 2 aromatic rings. The first-order valence-corrected chi connectivity index (χ1v) is 13.4. The molecular formula is C26H31F4N3O5S. The number of hydrogen-bond donors (Lipinski definition) is 1. The van der Waals surface area contributed by atoms with Crippen LogP contribution in [-0.4, -0.2) is 64.6 Å². The molecule has 8 nitrogen and oxygen atoms in total. The van der Waals surface area contributed by atoms with Gasteiger partial charge >= 0.3 is 12.3 Å². The third-order valence-corrected chi connectivity index (χ3v) is 8.10. The van der Waals surface area contributed by atoms with E-state index in [9.17, 15) is 32.3 Å². The molecule has 2 fully saturated rings. The fraction of sp³-hybridized carbons (Fsp3) is 0.577. The summed E-state index contributed by atoms with van der Waals surface area (Å²) in [5.74, 6) is -1.13. The lowest BCUT2D eigenvalue weighted by molar-refractivity contribution is -0.137. The average molecular weight is 574 g/mol. The zero-order valence-corrected chi connectivity index (χ0v) is 22.6. The molecule has 4 rings (SSSR count). The van der Waals surface area contributed by atoms with Crippen LogP contribution < -0.4 is 9.54 Å². The van der Waals surface area contributed by atoms with Gasteiger partial charge in [-0.05, 0) is 36.5 Å². The molecule has 1 aromatic heterocycles. The van der Waals surface area contributed by atoms with E-state index in [1.807, 2.05) is 27.0 Å². The number of nitrogens with zero attached hydrogens (tertiary/aromatic N) is 3. The van der Waals surface area contributed by atoms with Gasteiger partial charge in [-0.15, -0.1) is 11.3 Å². The summed E-state index contributed by atoms with van der Waals surface area (Å²) in [7, 11) is 0. The first-order chi connectivity index (χ1) is 18.2. The molecule has 2 aliphatic heterocycles. The number of ether oxygens (including phenoxy) is 2. The van der Waals surface area contributed by atoms with Gasteiger partial charge in [0.1, 0.15) is 18.5 Å². The zero-order chi connectivity index (χ0) is 28.5. The van der Waals surface area contributed by atoms with E-state index in [-0.39, 0.29) is 36.8 Å². The number of benzene rings is 1. The number of carbonyl (C=O) groups excluding carboxylic acids is 1. The van der Waals surface area contributed by atoms with Gasteiger partial charge in [0.25, 0.3) is 5.91 Å². The Balaban J connectivity index is 1.69. The fourth-order valence-corrected chi connectivity index (χ4v) is 5.59. The molecule has 1 N–H and O–H groups in total. The molecule has 2 amide bonds. The van der Waals surface area contributed by atoms with Crippen molar-refractivity contribution in [1.29, 1.82) is 0 Å². The Morgan fingerprint density at radius 2 is 2.00 bits per heavy atom. The predicted molar refractivity (Wildman–Crippen MR) is 135 cm³/mol. The van der Waals surface area contributed by atoms with E-state index in [0.29, 0.717) is 24.0 Å². The van der Waals surface area contributed by atoms with Crippen LogP contribution in [0.4, 0.5) is 22.4 Å². The van der Waals surface area contributed by atoms with Gasteiger partial charge in [0, 0.05) is 24.1 Å². The van der Waals surface area contributed by atoms with Gasteiger partial charge in [-0.25, -0.2) is 9.18 Å². The Hall–Kier alpha value is -2.93. The van der Waals surface area contributed by atoms with Gasteiger partial charge < -0.3 is 19.1 Å². The summed E-state index contributed by atoms with van der Waals surface area (Å²) in [5.41, 5.74) is -1.73. The minimum atomic E-state index is -4.72. The SMILES string of the molecule is CC(C)(C)c1cn(C[C@H]2CCCO2)/c(=N/C(=O)c2cc(C(F)(F)F)ccc2OC[C@@H]2C[C@H](F)CN2C(=O)O)s1. The van der Waals surface area contributed by atoms with Gasteiger partial charge in [0.2, 0.25) is 0 Å². The number of carbonyl (C=O) groups is 2. The van der Waals surface area contributed by atoms with E-state index < -0.39 is 41.5 Å². The Morgan fingerprint density at radius 3 is 2.62 bits per heavy atom. The predicted octanol–water partition coefficient (Wildman–Crippen LogP) is 5.26. The summed E-state index contributed by atoms with van der Waals surface area (Å²) < 4.78 is 67.5. The molecular weight excluding hydrogens is 542 g/mol.